The Morgan fingerprint density at radius 3 is 2.83 bits per heavy atom. The van der Waals surface area contributed by atoms with Crippen LogP contribution < -0.4 is 4.72 Å². The lowest BCUT2D eigenvalue weighted by atomic mass is 9.88. The number of hydrogen-bond acceptors (Lipinski definition) is 3. The lowest BCUT2D eigenvalue weighted by molar-refractivity contribution is 0.560. The maximum absolute atomic E-state index is 12.8. The summed E-state index contributed by atoms with van der Waals surface area (Å²) in [5, 5.41) is 1.80. The number of nitrogens with zero attached hydrogens (tertiary/aromatic N) is 1. The van der Waals surface area contributed by atoms with E-state index >= 15 is 0 Å². The van der Waals surface area contributed by atoms with Gasteiger partial charge in [0.1, 0.15) is 5.15 Å². The van der Waals surface area contributed by atoms with Crippen molar-refractivity contribution in [2.45, 2.75) is 42.8 Å². The number of pyridine rings is 1. The number of aromatic nitrogens is 1. The van der Waals surface area contributed by atoms with E-state index < -0.39 is 10.0 Å². The van der Waals surface area contributed by atoms with Gasteiger partial charge in [-0.15, -0.1) is 0 Å². The Morgan fingerprint density at radius 1 is 1.38 bits per heavy atom. The van der Waals surface area contributed by atoms with Crippen molar-refractivity contribution in [3.8, 4) is 0 Å². The zero-order chi connectivity index (χ0) is 17.5. The predicted octanol–water partition coefficient (Wildman–Crippen LogP) is 4.59. The number of alkyl halides is 1. The fourth-order valence-corrected chi connectivity index (χ4v) is 5.59. The third-order valence-corrected chi connectivity index (χ3v) is 6.85. The molecule has 0 amide bonds. The van der Waals surface area contributed by atoms with Crippen molar-refractivity contribution in [3.05, 3.63) is 34.6 Å². The van der Waals surface area contributed by atoms with E-state index in [0.29, 0.717) is 22.0 Å². The molecule has 1 aromatic heterocycles. The van der Waals surface area contributed by atoms with Gasteiger partial charge in [-0.25, -0.2) is 18.1 Å². The number of halogens is 2. The Bertz CT molecular complexity index is 884. The first-order chi connectivity index (χ1) is 11.3. The van der Waals surface area contributed by atoms with Gasteiger partial charge in [0.25, 0.3) is 0 Å². The molecule has 2 aromatic rings. The summed E-state index contributed by atoms with van der Waals surface area (Å²) in [4.78, 5) is 4.69. The fourth-order valence-electron chi connectivity index (χ4n) is 3.10. The first-order valence-corrected chi connectivity index (χ1v) is 10.8. The number of benzene rings is 1. The summed E-state index contributed by atoms with van der Waals surface area (Å²) in [6.07, 6.45) is 4.64. The quantitative estimate of drug-likeness (QED) is 0.569. The van der Waals surface area contributed by atoms with Crippen LogP contribution in [0, 0.1) is 5.92 Å². The number of hydrogen-bond donors (Lipinski definition) is 1. The molecule has 1 atom stereocenters. The van der Waals surface area contributed by atoms with Gasteiger partial charge in [0.05, 0.1) is 4.90 Å². The second-order valence-corrected chi connectivity index (χ2v) is 9.83. The van der Waals surface area contributed by atoms with Gasteiger partial charge < -0.3 is 0 Å². The van der Waals surface area contributed by atoms with Crippen molar-refractivity contribution in [2.75, 3.05) is 6.54 Å². The maximum Gasteiger partial charge on any atom is 0.241 e. The highest BCUT2D eigenvalue weighted by Crippen LogP contribution is 2.42. The highest BCUT2D eigenvalue weighted by Gasteiger charge is 2.26. The Kier molecular flexibility index (Phi) is 5.21. The van der Waals surface area contributed by atoms with E-state index in [1.54, 1.807) is 12.3 Å². The second-order valence-electron chi connectivity index (χ2n) is 6.61. The van der Waals surface area contributed by atoms with Crippen molar-refractivity contribution in [2.24, 2.45) is 5.92 Å². The van der Waals surface area contributed by atoms with E-state index in [4.69, 9.17) is 11.6 Å². The van der Waals surface area contributed by atoms with Crippen LogP contribution in [0.2, 0.25) is 5.15 Å². The zero-order valence-corrected chi connectivity index (χ0v) is 16.8. The molecular formula is C17H20BrClN2O2S. The molecule has 1 aromatic carbocycles. The molecule has 1 aliphatic rings. The minimum absolute atomic E-state index is 0.215. The van der Waals surface area contributed by atoms with Gasteiger partial charge in [-0.2, -0.15) is 0 Å². The lowest BCUT2D eigenvalue weighted by Crippen LogP contribution is -2.28. The average Bonchev–Trinajstić information content (AvgIpc) is 2.52. The van der Waals surface area contributed by atoms with Crippen LogP contribution in [0.4, 0.5) is 0 Å². The van der Waals surface area contributed by atoms with Gasteiger partial charge in [0.2, 0.25) is 10.0 Å². The van der Waals surface area contributed by atoms with Crippen molar-refractivity contribution in [3.63, 3.8) is 0 Å². The standard InChI is InChI=1S/C17H20BrClN2O2S/c1-10(2)8-21-24(22,23)15-6-11-4-3-5-14(18)17(11)13-9-20-16(19)7-12(13)15/h6-7,9-10,14,21H,3-5,8H2,1-2H3. The molecule has 130 valence electrons. The summed E-state index contributed by atoms with van der Waals surface area (Å²) in [6.45, 7) is 4.36. The topological polar surface area (TPSA) is 59.1 Å². The first kappa shape index (κ1) is 18.1. The fraction of sp³-hybridized carbons (Fsp3) is 0.471. The van der Waals surface area contributed by atoms with Crippen LogP contribution in [0.15, 0.2) is 23.2 Å². The predicted molar refractivity (Wildman–Crippen MR) is 101 cm³/mol. The molecule has 4 nitrogen and oxygen atoms in total. The van der Waals surface area contributed by atoms with Crippen molar-refractivity contribution in [1.82, 2.24) is 9.71 Å². The molecule has 0 saturated heterocycles. The molecule has 0 aliphatic heterocycles. The summed E-state index contributed by atoms with van der Waals surface area (Å²) in [6, 6.07) is 3.46. The molecule has 1 unspecified atom stereocenters. The third-order valence-electron chi connectivity index (χ3n) is 4.27. The highest BCUT2D eigenvalue weighted by molar-refractivity contribution is 9.09. The van der Waals surface area contributed by atoms with Gasteiger partial charge in [-0.05, 0) is 48.4 Å². The number of rotatable bonds is 4. The summed E-state index contributed by atoms with van der Waals surface area (Å²) < 4.78 is 28.4. The molecule has 3 rings (SSSR count). The number of aryl methyl sites for hydroxylation is 1. The molecular weight excluding hydrogens is 412 g/mol. The minimum Gasteiger partial charge on any atom is -0.244 e. The summed E-state index contributed by atoms with van der Waals surface area (Å²) in [7, 11) is -3.60. The van der Waals surface area contributed by atoms with Crippen LogP contribution in [-0.4, -0.2) is 19.9 Å². The third kappa shape index (κ3) is 3.47. The number of sulfonamides is 1. The summed E-state index contributed by atoms with van der Waals surface area (Å²) in [5.41, 5.74) is 2.22. The van der Waals surface area contributed by atoms with E-state index in [0.717, 1.165) is 35.8 Å². The molecule has 0 radical (unpaired) electrons. The van der Waals surface area contributed by atoms with E-state index in [2.05, 4.69) is 25.6 Å². The Morgan fingerprint density at radius 2 is 2.12 bits per heavy atom. The van der Waals surface area contributed by atoms with E-state index in [-0.39, 0.29) is 10.7 Å². The lowest BCUT2D eigenvalue weighted by Gasteiger charge is -2.24. The largest absolute Gasteiger partial charge is 0.244 e. The van der Waals surface area contributed by atoms with Crippen molar-refractivity contribution >= 4 is 48.3 Å². The van der Waals surface area contributed by atoms with Crippen LogP contribution in [0.3, 0.4) is 0 Å². The average molecular weight is 432 g/mol. The molecule has 1 aliphatic carbocycles. The zero-order valence-electron chi connectivity index (χ0n) is 13.6. The summed E-state index contributed by atoms with van der Waals surface area (Å²) >= 11 is 9.78. The van der Waals surface area contributed by atoms with Crippen LogP contribution >= 0.6 is 27.5 Å². The van der Waals surface area contributed by atoms with Gasteiger partial charge in [-0.3, -0.25) is 0 Å². The molecule has 1 heterocycles. The van der Waals surface area contributed by atoms with E-state index in [1.807, 2.05) is 19.9 Å². The molecule has 0 spiro atoms. The Hall–Kier alpha value is -0.690. The molecule has 0 fully saturated rings. The van der Waals surface area contributed by atoms with Crippen molar-refractivity contribution in [1.29, 1.82) is 0 Å². The van der Waals surface area contributed by atoms with Gasteiger partial charge in [0, 0.05) is 28.3 Å². The number of nitrogens with one attached hydrogen (secondary N) is 1. The second kappa shape index (κ2) is 6.90. The molecule has 0 saturated carbocycles. The minimum atomic E-state index is -3.60. The van der Waals surface area contributed by atoms with E-state index in [1.165, 1.54) is 0 Å². The summed E-state index contributed by atoms with van der Waals surface area (Å²) in [5.74, 6) is 0.237. The molecule has 0 bridgehead atoms. The van der Waals surface area contributed by atoms with Crippen LogP contribution in [0.25, 0.3) is 10.8 Å². The molecule has 24 heavy (non-hydrogen) atoms. The Labute approximate surface area is 156 Å². The van der Waals surface area contributed by atoms with Gasteiger partial charge >= 0.3 is 0 Å². The number of fused-ring (bicyclic) bond motifs is 3. The molecule has 7 heteroatoms. The van der Waals surface area contributed by atoms with Crippen LogP contribution in [0.1, 0.15) is 42.6 Å². The normalized spacial score (nSPS) is 18.1. The maximum atomic E-state index is 12.8. The smallest absolute Gasteiger partial charge is 0.241 e. The van der Waals surface area contributed by atoms with Crippen molar-refractivity contribution < 1.29 is 8.42 Å². The van der Waals surface area contributed by atoms with E-state index in [9.17, 15) is 8.42 Å². The van der Waals surface area contributed by atoms with Crippen LogP contribution in [0.5, 0.6) is 0 Å². The first-order valence-electron chi connectivity index (χ1n) is 8.04. The monoisotopic (exact) mass is 430 g/mol. The van der Waals surface area contributed by atoms with Gasteiger partial charge in [-0.1, -0.05) is 41.4 Å². The highest BCUT2D eigenvalue weighted by atomic mass is 79.9. The van der Waals surface area contributed by atoms with Gasteiger partial charge in [0.15, 0.2) is 0 Å². The molecule has 1 N–H and O–H groups in total. The SMILES string of the molecule is CC(C)CNS(=O)(=O)c1cc2c(c3cnc(Cl)cc13)C(Br)CCC2. The van der Waals surface area contributed by atoms with Crippen LogP contribution in [-0.2, 0) is 16.4 Å². The Balaban J connectivity index is 2.25.